The van der Waals surface area contributed by atoms with Gasteiger partial charge in [0.1, 0.15) is 0 Å². The minimum absolute atomic E-state index is 1.14. The highest BCUT2D eigenvalue weighted by molar-refractivity contribution is 4.74. The molecule has 0 aromatic carbocycles. The third kappa shape index (κ3) is 9.28. The van der Waals surface area contributed by atoms with Crippen molar-refractivity contribution >= 4 is 0 Å². The molecule has 2 N–H and O–H groups in total. The first-order valence-corrected chi connectivity index (χ1v) is 4.89. The molecule has 0 heterocycles. The summed E-state index contributed by atoms with van der Waals surface area (Å²) in [5.41, 5.74) is 5.22. The van der Waals surface area contributed by atoms with Crippen LogP contribution in [0.15, 0.2) is 24.9 Å². The van der Waals surface area contributed by atoms with Crippen molar-refractivity contribution in [3.8, 4) is 0 Å². The van der Waals surface area contributed by atoms with Gasteiger partial charge in [0, 0.05) is 0 Å². The number of rotatable bonds is 8. The number of unbranched alkanes of at least 4 members (excludes halogenated alkanes) is 6. The van der Waals surface area contributed by atoms with E-state index in [2.05, 4.69) is 6.58 Å². The third-order valence-electron chi connectivity index (χ3n) is 1.92. The predicted octanol–water partition coefficient (Wildman–Crippen LogP) is 3.38. The van der Waals surface area contributed by atoms with Gasteiger partial charge < -0.3 is 5.73 Å². The zero-order valence-corrected chi connectivity index (χ0v) is 7.97. The van der Waals surface area contributed by atoms with E-state index in [9.17, 15) is 0 Å². The summed E-state index contributed by atoms with van der Waals surface area (Å²) in [5, 5.41) is 0. The van der Waals surface area contributed by atoms with E-state index in [0.717, 1.165) is 6.42 Å². The van der Waals surface area contributed by atoms with Crippen molar-refractivity contribution in [1.82, 2.24) is 0 Å². The van der Waals surface area contributed by atoms with Gasteiger partial charge in [0.05, 0.1) is 0 Å². The van der Waals surface area contributed by atoms with Crippen molar-refractivity contribution in [2.75, 3.05) is 0 Å². The molecule has 0 aliphatic carbocycles. The molecule has 0 radical (unpaired) electrons. The molecule has 0 fully saturated rings. The lowest BCUT2D eigenvalue weighted by Gasteiger charge is -1.97. The zero-order chi connectivity index (χ0) is 9.07. The van der Waals surface area contributed by atoms with E-state index >= 15 is 0 Å². The first kappa shape index (κ1) is 11.3. The highest BCUT2D eigenvalue weighted by Crippen LogP contribution is 2.07. The van der Waals surface area contributed by atoms with Gasteiger partial charge in [-0.1, -0.05) is 31.4 Å². The topological polar surface area (TPSA) is 26.0 Å². The highest BCUT2D eigenvalue weighted by atomic mass is 14.5. The molecule has 0 aromatic rings. The summed E-state index contributed by atoms with van der Waals surface area (Å²) in [5.74, 6) is 0. The molecule has 0 rings (SSSR count). The van der Waals surface area contributed by atoms with E-state index < -0.39 is 0 Å². The lowest BCUT2D eigenvalue weighted by Crippen LogP contribution is -1.79. The minimum Gasteiger partial charge on any atom is -0.405 e. The quantitative estimate of drug-likeness (QED) is 0.435. The van der Waals surface area contributed by atoms with Crippen molar-refractivity contribution in [3.63, 3.8) is 0 Å². The SMILES string of the molecule is C=CCCCCCCC/C=C/N. The van der Waals surface area contributed by atoms with Gasteiger partial charge in [-0.05, 0) is 31.9 Å². The first-order chi connectivity index (χ1) is 5.91. The van der Waals surface area contributed by atoms with Crippen LogP contribution in [0.4, 0.5) is 0 Å². The van der Waals surface area contributed by atoms with Crippen LogP contribution in [0, 0.1) is 0 Å². The highest BCUT2D eigenvalue weighted by Gasteiger charge is 1.87. The van der Waals surface area contributed by atoms with Gasteiger partial charge in [-0.3, -0.25) is 0 Å². The summed E-state index contributed by atoms with van der Waals surface area (Å²) < 4.78 is 0. The largest absolute Gasteiger partial charge is 0.405 e. The van der Waals surface area contributed by atoms with Crippen molar-refractivity contribution in [2.24, 2.45) is 5.73 Å². The zero-order valence-electron chi connectivity index (χ0n) is 7.97. The van der Waals surface area contributed by atoms with Crippen molar-refractivity contribution in [1.29, 1.82) is 0 Å². The molecule has 0 bridgehead atoms. The minimum atomic E-state index is 1.14. The predicted molar refractivity (Wildman–Crippen MR) is 55.8 cm³/mol. The molecule has 0 amide bonds. The monoisotopic (exact) mass is 167 g/mol. The number of nitrogens with two attached hydrogens (primary N) is 1. The summed E-state index contributed by atoms with van der Waals surface area (Å²) >= 11 is 0. The average molecular weight is 167 g/mol. The third-order valence-corrected chi connectivity index (χ3v) is 1.92. The summed E-state index contributed by atoms with van der Waals surface area (Å²) in [6.45, 7) is 3.70. The Morgan fingerprint density at radius 1 is 0.917 bits per heavy atom. The Labute approximate surface area is 76.3 Å². The smallest absolute Gasteiger partial charge is 0.0103 e. The fourth-order valence-electron chi connectivity index (χ4n) is 1.18. The van der Waals surface area contributed by atoms with E-state index in [1.807, 2.05) is 12.2 Å². The van der Waals surface area contributed by atoms with Crippen molar-refractivity contribution in [2.45, 2.75) is 44.9 Å². The van der Waals surface area contributed by atoms with Gasteiger partial charge in [-0.15, -0.1) is 6.58 Å². The van der Waals surface area contributed by atoms with E-state index in [1.54, 1.807) is 6.20 Å². The Balaban J connectivity index is 2.86. The molecule has 0 saturated heterocycles. The van der Waals surface area contributed by atoms with Crippen molar-refractivity contribution < 1.29 is 0 Å². The van der Waals surface area contributed by atoms with Crippen LogP contribution in [0.1, 0.15) is 44.9 Å². The second kappa shape index (κ2) is 10.3. The van der Waals surface area contributed by atoms with Crippen LogP contribution in [0.25, 0.3) is 0 Å². The van der Waals surface area contributed by atoms with E-state index in [4.69, 9.17) is 5.73 Å². The second-order valence-corrected chi connectivity index (χ2v) is 3.06. The lowest BCUT2D eigenvalue weighted by molar-refractivity contribution is 0.622. The molecular weight excluding hydrogens is 146 g/mol. The summed E-state index contributed by atoms with van der Waals surface area (Å²) in [7, 11) is 0. The van der Waals surface area contributed by atoms with E-state index in [0.29, 0.717) is 0 Å². The van der Waals surface area contributed by atoms with Crippen LogP contribution in [0.2, 0.25) is 0 Å². The number of hydrogen-bond donors (Lipinski definition) is 1. The number of hydrogen-bond acceptors (Lipinski definition) is 1. The lowest BCUT2D eigenvalue weighted by atomic mass is 10.1. The summed E-state index contributed by atoms with van der Waals surface area (Å²) in [6.07, 6.45) is 14.6. The van der Waals surface area contributed by atoms with Crippen LogP contribution in [0.5, 0.6) is 0 Å². The second-order valence-electron chi connectivity index (χ2n) is 3.06. The molecule has 0 saturated carbocycles. The molecule has 0 aliphatic rings. The fourth-order valence-corrected chi connectivity index (χ4v) is 1.18. The first-order valence-electron chi connectivity index (χ1n) is 4.89. The Kier molecular flexibility index (Phi) is 9.66. The molecule has 1 heteroatoms. The van der Waals surface area contributed by atoms with Gasteiger partial charge in [0.25, 0.3) is 0 Å². The standard InChI is InChI=1S/C11H21N/c1-2-3-4-5-6-7-8-9-10-11-12/h2,10-11H,1,3-9,12H2/b11-10+. The summed E-state index contributed by atoms with van der Waals surface area (Å²) in [4.78, 5) is 0. The molecule has 0 atom stereocenters. The molecule has 12 heavy (non-hydrogen) atoms. The van der Waals surface area contributed by atoms with Crippen LogP contribution in [-0.2, 0) is 0 Å². The van der Waals surface area contributed by atoms with Crippen LogP contribution < -0.4 is 5.73 Å². The Morgan fingerprint density at radius 3 is 2.08 bits per heavy atom. The van der Waals surface area contributed by atoms with E-state index in [-0.39, 0.29) is 0 Å². The molecule has 0 aromatic heterocycles. The van der Waals surface area contributed by atoms with Crippen LogP contribution >= 0.6 is 0 Å². The Hall–Kier alpha value is -0.720. The Bertz CT molecular complexity index is 116. The van der Waals surface area contributed by atoms with E-state index in [1.165, 1.54) is 38.5 Å². The molecule has 70 valence electrons. The maximum atomic E-state index is 5.22. The molecular formula is C11H21N. The fraction of sp³-hybridized carbons (Fsp3) is 0.636. The molecule has 0 unspecified atom stereocenters. The van der Waals surface area contributed by atoms with Gasteiger partial charge in [-0.2, -0.15) is 0 Å². The molecule has 0 spiro atoms. The van der Waals surface area contributed by atoms with Crippen LogP contribution in [-0.4, -0.2) is 0 Å². The number of allylic oxidation sites excluding steroid dienone is 2. The molecule has 1 nitrogen and oxygen atoms in total. The Morgan fingerprint density at radius 2 is 1.50 bits per heavy atom. The normalized spacial score (nSPS) is 10.7. The average Bonchev–Trinajstić information content (AvgIpc) is 2.10. The van der Waals surface area contributed by atoms with Gasteiger partial charge in [0.2, 0.25) is 0 Å². The van der Waals surface area contributed by atoms with Gasteiger partial charge in [0.15, 0.2) is 0 Å². The maximum absolute atomic E-state index is 5.22. The maximum Gasteiger partial charge on any atom is -0.0103 e. The summed E-state index contributed by atoms with van der Waals surface area (Å²) in [6, 6.07) is 0. The van der Waals surface area contributed by atoms with Gasteiger partial charge >= 0.3 is 0 Å². The molecule has 0 aliphatic heterocycles. The van der Waals surface area contributed by atoms with Crippen molar-refractivity contribution in [3.05, 3.63) is 24.9 Å². The van der Waals surface area contributed by atoms with Crippen LogP contribution in [0.3, 0.4) is 0 Å². The van der Waals surface area contributed by atoms with Gasteiger partial charge in [-0.25, -0.2) is 0 Å².